The first kappa shape index (κ1) is 48.2. The molecule has 8 nitrogen and oxygen atoms in total. The smallest absolute Gasteiger partial charge is 0.418 e. The van der Waals surface area contributed by atoms with Crippen LogP contribution in [0, 0.1) is 25.5 Å². The first-order valence-corrected chi connectivity index (χ1v) is 21.5. The molecule has 4 aromatic carbocycles. The molecule has 16 heteroatoms. The molecule has 2 aliphatic rings. The number of nitrogens with zero attached hydrogens (tertiary/aromatic N) is 2. The summed E-state index contributed by atoms with van der Waals surface area (Å²) in [5.41, 5.74) is -4.29. The second kappa shape index (κ2) is 17.8. The van der Waals surface area contributed by atoms with Gasteiger partial charge in [-0.05, 0) is 86.1 Å². The van der Waals surface area contributed by atoms with E-state index in [0.717, 1.165) is 22.2 Å². The molecule has 0 bridgehead atoms. The molecule has 2 atom stereocenters. The van der Waals surface area contributed by atoms with Gasteiger partial charge < -0.3 is 30.3 Å². The summed E-state index contributed by atoms with van der Waals surface area (Å²) in [5.74, 6) is -0.238. The number of halogens is 8. The molecule has 6 aromatic rings. The Morgan fingerprint density at radius 3 is 1.32 bits per heavy atom. The lowest BCUT2D eigenvalue weighted by atomic mass is 9.74. The monoisotopic (exact) mass is 924 g/mol. The molecule has 0 radical (unpaired) electrons. The number of aliphatic hydroxyl groups is 2. The fourth-order valence-electron chi connectivity index (χ4n) is 9.06. The summed E-state index contributed by atoms with van der Waals surface area (Å²) < 4.78 is 125. The maximum atomic E-state index is 14.2. The van der Waals surface area contributed by atoms with Crippen molar-refractivity contribution >= 4 is 32.9 Å². The molecular weight excluding hydrogens is 873 g/mol. The summed E-state index contributed by atoms with van der Waals surface area (Å²) in [6.07, 6.45) is -6.90. The second-order valence-electron chi connectivity index (χ2n) is 18.7. The first-order valence-electron chi connectivity index (χ1n) is 21.5. The van der Waals surface area contributed by atoms with Crippen LogP contribution in [0.1, 0.15) is 74.2 Å². The Bertz CT molecular complexity index is 2570. The topological polar surface area (TPSA) is 109 Å². The van der Waals surface area contributed by atoms with Gasteiger partial charge in [-0.1, -0.05) is 52.0 Å². The zero-order chi connectivity index (χ0) is 48.0. The van der Waals surface area contributed by atoms with Crippen molar-refractivity contribution in [3.8, 4) is 11.5 Å². The average molecular weight is 925 g/mol. The molecule has 8 rings (SSSR count). The molecule has 66 heavy (non-hydrogen) atoms. The van der Waals surface area contributed by atoms with Crippen molar-refractivity contribution < 1.29 is 54.8 Å². The third-order valence-electron chi connectivity index (χ3n) is 12.4. The van der Waals surface area contributed by atoms with E-state index < -0.39 is 72.0 Å². The summed E-state index contributed by atoms with van der Waals surface area (Å²) >= 11 is 0. The van der Waals surface area contributed by atoms with Crippen LogP contribution in [-0.4, -0.2) is 70.0 Å². The first-order chi connectivity index (χ1) is 30.8. The van der Waals surface area contributed by atoms with E-state index in [1.807, 2.05) is 12.1 Å². The van der Waals surface area contributed by atoms with Crippen LogP contribution in [0.3, 0.4) is 0 Å². The van der Waals surface area contributed by atoms with Crippen LogP contribution >= 0.6 is 0 Å². The molecule has 0 fully saturated rings. The molecule has 0 amide bonds. The maximum Gasteiger partial charge on any atom is 0.418 e. The molecule has 4 heterocycles. The molecule has 0 spiro atoms. The molecule has 0 aliphatic carbocycles. The number of ether oxygens (including phenoxy) is 2. The number of aryl methyl sites for hydroxylation is 2. The third kappa shape index (κ3) is 9.99. The lowest BCUT2D eigenvalue weighted by molar-refractivity contribution is -0.260. The van der Waals surface area contributed by atoms with Crippen molar-refractivity contribution in [3.05, 3.63) is 130 Å². The van der Waals surface area contributed by atoms with E-state index in [0.29, 0.717) is 82.0 Å². The van der Waals surface area contributed by atoms with Gasteiger partial charge >= 0.3 is 12.4 Å². The highest BCUT2D eigenvalue weighted by atomic mass is 19.4. The summed E-state index contributed by atoms with van der Waals surface area (Å²) in [6.45, 7) is 9.01. The number of pyridine rings is 2. The minimum Gasteiger partial charge on any atom is -0.493 e. The van der Waals surface area contributed by atoms with E-state index in [1.165, 1.54) is 24.3 Å². The van der Waals surface area contributed by atoms with Gasteiger partial charge in [-0.2, -0.15) is 26.3 Å². The van der Waals surface area contributed by atoms with E-state index >= 15 is 0 Å². The Balaban J connectivity index is 0.000000196. The average Bonchev–Trinajstić information content (AvgIpc) is 3.90. The van der Waals surface area contributed by atoms with Crippen molar-refractivity contribution in [1.82, 2.24) is 9.97 Å². The van der Waals surface area contributed by atoms with Crippen LogP contribution in [-0.2, 0) is 23.7 Å². The molecular formula is C50H52F8N4O4. The zero-order valence-electron chi connectivity index (χ0n) is 37.4. The number of aromatic nitrogens is 2. The number of benzene rings is 4. The van der Waals surface area contributed by atoms with Crippen LogP contribution in [0.25, 0.3) is 21.5 Å². The van der Waals surface area contributed by atoms with Crippen LogP contribution < -0.4 is 20.1 Å². The Labute approximate surface area is 377 Å². The number of anilines is 2. The largest absolute Gasteiger partial charge is 0.493 e. The number of alkyl halides is 6. The minimum absolute atomic E-state index is 0.324. The highest BCUT2D eigenvalue weighted by Gasteiger charge is 2.57. The third-order valence-corrected chi connectivity index (χ3v) is 12.4. The molecule has 2 aromatic heterocycles. The van der Waals surface area contributed by atoms with Crippen LogP contribution in [0.5, 0.6) is 11.5 Å². The fraction of sp³-hybridized carbons (Fsp3) is 0.400. The van der Waals surface area contributed by atoms with Gasteiger partial charge in [0.15, 0.2) is 11.2 Å². The van der Waals surface area contributed by atoms with Gasteiger partial charge in [0.1, 0.15) is 23.1 Å². The quantitative estimate of drug-likeness (QED) is 0.0899. The lowest BCUT2D eigenvalue weighted by Gasteiger charge is -2.38. The lowest BCUT2D eigenvalue weighted by Crippen LogP contribution is -2.53. The van der Waals surface area contributed by atoms with Crippen LogP contribution in [0.15, 0.2) is 85.2 Å². The Morgan fingerprint density at radius 1 is 0.576 bits per heavy atom. The molecule has 0 unspecified atom stereocenters. The van der Waals surface area contributed by atoms with Crippen molar-refractivity contribution in [2.45, 2.75) is 102 Å². The summed E-state index contributed by atoms with van der Waals surface area (Å²) in [4.78, 5) is 8.43. The van der Waals surface area contributed by atoms with Crippen molar-refractivity contribution in [2.75, 3.05) is 36.9 Å². The van der Waals surface area contributed by atoms with Gasteiger partial charge in [-0.15, -0.1) is 0 Å². The van der Waals surface area contributed by atoms with Crippen LogP contribution in [0.4, 0.5) is 46.5 Å². The minimum atomic E-state index is -4.92. The van der Waals surface area contributed by atoms with E-state index in [-0.39, 0.29) is 0 Å². The number of hydrogen-bond acceptors (Lipinski definition) is 8. The highest BCUT2D eigenvalue weighted by Crippen LogP contribution is 2.48. The van der Waals surface area contributed by atoms with Gasteiger partial charge in [0.2, 0.25) is 0 Å². The molecule has 0 saturated heterocycles. The predicted molar refractivity (Wildman–Crippen MR) is 238 cm³/mol. The molecule has 4 N–H and O–H groups in total. The highest BCUT2D eigenvalue weighted by molar-refractivity contribution is 5.94. The standard InChI is InChI=1S/2C25H26F4N2O2/c2*1-15-9-19-17(12-30-15)5-4-6-21(19)31-14-24(32,25(27,28)29)13-23(2,3)20-11-18(26)10-16-7-8-33-22(16)20/h2*4-6,9-12,31-32H,7-8,13-14H2,1-3H3/t2*24-/m10/s1. The van der Waals surface area contributed by atoms with Gasteiger partial charge in [0.25, 0.3) is 0 Å². The maximum absolute atomic E-state index is 14.2. The normalized spacial score (nSPS) is 15.8. The molecule has 0 saturated carbocycles. The number of hydrogen-bond donors (Lipinski definition) is 4. The predicted octanol–water partition coefficient (Wildman–Crippen LogP) is 11.4. The van der Waals surface area contributed by atoms with Crippen LogP contribution in [0.2, 0.25) is 0 Å². The van der Waals surface area contributed by atoms with Crippen molar-refractivity contribution in [3.63, 3.8) is 0 Å². The van der Waals surface area contributed by atoms with E-state index in [4.69, 9.17) is 9.47 Å². The fourth-order valence-corrected chi connectivity index (χ4v) is 9.06. The summed E-state index contributed by atoms with van der Waals surface area (Å²) in [6, 6.07) is 19.0. The van der Waals surface area contributed by atoms with Crippen molar-refractivity contribution in [2.24, 2.45) is 0 Å². The van der Waals surface area contributed by atoms with Gasteiger partial charge in [0, 0.05) is 91.8 Å². The number of fused-ring (bicyclic) bond motifs is 4. The van der Waals surface area contributed by atoms with E-state index in [1.54, 1.807) is 90.3 Å². The Morgan fingerprint density at radius 2 is 0.955 bits per heavy atom. The summed E-state index contributed by atoms with van der Waals surface area (Å²) in [5, 5.41) is 30.4. The number of rotatable bonds is 12. The Hall–Kier alpha value is -5.74. The second-order valence-corrected chi connectivity index (χ2v) is 18.7. The van der Waals surface area contributed by atoms with Gasteiger partial charge in [0.05, 0.1) is 26.3 Å². The summed E-state index contributed by atoms with van der Waals surface area (Å²) in [7, 11) is 0. The van der Waals surface area contributed by atoms with Crippen molar-refractivity contribution in [1.29, 1.82) is 0 Å². The van der Waals surface area contributed by atoms with E-state index in [9.17, 15) is 45.3 Å². The SMILES string of the molecule is Cc1cc2c(NC[C@@](O)(CC(C)(C)c3cc(F)cc4c3OCC4)C(F)(F)F)cccc2cn1.Cc1cc2c(NC[C@](O)(CC(C)(C)c3cc(F)cc4c3OCC4)C(F)(F)F)cccc2cn1. The van der Waals surface area contributed by atoms with E-state index in [2.05, 4.69) is 20.6 Å². The Kier molecular flexibility index (Phi) is 13.0. The molecule has 2 aliphatic heterocycles. The van der Waals surface area contributed by atoms with Gasteiger partial charge in [-0.25, -0.2) is 8.78 Å². The zero-order valence-corrected chi connectivity index (χ0v) is 37.4. The van der Waals surface area contributed by atoms with Gasteiger partial charge in [-0.3, -0.25) is 9.97 Å². The number of nitrogens with one attached hydrogen (secondary N) is 2. The molecule has 352 valence electrons.